The van der Waals surface area contributed by atoms with Gasteiger partial charge in [-0.05, 0) is 30.9 Å². The summed E-state index contributed by atoms with van der Waals surface area (Å²) in [5, 5.41) is 11.5. The fourth-order valence-corrected chi connectivity index (χ4v) is 1.95. The van der Waals surface area contributed by atoms with Gasteiger partial charge in [-0.1, -0.05) is 0 Å². The first kappa shape index (κ1) is 8.71. The van der Waals surface area contributed by atoms with E-state index in [2.05, 4.69) is 0 Å². The van der Waals surface area contributed by atoms with Crippen LogP contribution in [0.25, 0.3) is 0 Å². The fourth-order valence-electron chi connectivity index (χ4n) is 0.926. The molecular weight excluding hydrogens is 158 g/mol. The highest BCUT2D eigenvalue weighted by molar-refractivity contribution is 7.10. The maximum Gasteiger partial charge on any atom is 0.103 e. The van der Waals surface area contributed by atoms with Crippen LogP contribution in [0, 0.1) is 6.92 Å². The van der Waals surface area contributed by atoms with E-state index in [4.69, 9.17) is 5.73 Å². The minimum Gasteiger partial charge on any atom is -0.386 e. The molecule has 2 unspecified atom stereocenters. The second-order valence-corrected chi connectivity index (χ2v) is 3.72. The SMILES string of the molecule is Cc1ccsc1C(O)C(C)N. The van der Waals surface area contributed by atoms with Crippen molar-refractivity contribution >= 4 is 11.3 Å². The van der Waals surface area contributed by atoms with Crippen molar-refractivity contribution in [2.75, 3.05) is 0 Å². The van der Waals surface area contributed by atoms with Gasteiger partial charge in [0.1, 0.15) is 6.10 Å². The molecule has 2 atom stereocenters. The summed E-state index contributed by atoms with van der Waals surface area (Å²) in [6, 6.07) is 1.80. The number of thiophene rings is 1. The molecule has 0 bridgehead atoms. The molecule has 3 heteroatoms. The van der Waals surface area contributed by atoms with Crippen LogP contribution in [0.5, 0.6) is 0 Å². The molecule has 0 radical (unpaired) electrons. The summed E-state index contributed by atoms with van der Waals surface area (Å²) in [5.74, 6) is 0. The second kappa shape index (κ2) is 3.34. The van der Waals surface area contributed by atoms with Gasteiger partial charge < -0.3 is 10.8 Å². The van der Waals surface area contributed by atoms with Crippen molar-refractivity contribution in [2.24, 2.45) is 5.73 Å². The van der Waals surface area contributed by atoms with E-state index in [-0.39, 0.29) is 6.04 Å². The third kappa shape index (κ3) is 1.80. The van der Waals surface area contributed by atoms with Crippen molar-refractivity contribution in [1.29, 1.82) is 0 Å². The summed E-state index contributed by atoms with van der Waals surface area (Å²) in [5.41, 5.74) is 6.68. The number of nitrogens with two attached hydrogens (primary N) is 1. The van der Waals surface area contributed by atoms with E-state index in [1.165, 1.54) is 0 Å². The number of aliphatic hydroxyl groups is 1. The Kier molecular flexibility index (Phi) is 2.65. The first-order chi connectivity index (χ1) is 5.13. The lowest BCUT2D eigenvalue weighted by Crippen LogP contribution is -2.24. The van der Waals surface area contributed by atoms with Crippen LogP contribution < -0.4 is 5.73 Å². The zero-order chi connectivity index (χ0) is 8.43. The van der Waals surface area contributed by atoms with Gasteiger partial charge in [-0.2, -0.15) is 0 Å². The number of rotatable bonds is 2. The molecule has 1 heterocycles. The standard InChI is InChI=1S/C8H13NOS/c1-5-3-4-11-8(5)7(10)6(2)9/h3-4,6-7,10H,9H2,1-2H3. The molecule has 3 N–H and O–H groups in total. The van der Waals surface area contributed by atoms with Gasteiger partial charge in [0, 0.05) is 10.9 Å². The molecule has 0 aliphatic carbocycles. The van der Waals surface area contributed by atoms with Gasteiger partial charge >= 0.3 is 0 Å². The maximum absolute atomic E-state index is 9.55. The minimum atomic E-state index is -0.505. The Labute approximate surface area is 70.7 Å². The molecule has 0 aliphatic rings. The summed E-state index contributed by atoms with van der Waals surface area (Å²) in [6.07, 6.45) is -0.505. The molecular formula is C8H13NOS. The normalized spacial score (nSPS) is 16.4. The Morgan fingerprint density at radius 3 is 2.64 bits per heavy atom. The Morgan fingerprint density at radius 1 is 1.64 bits per heavy atom. The van der Waals surface area contributed by atoms with Crippen LogP contribution in [0.2, 0.25) is 0 Å². The van der Waals surface area contributed by atoms with Crippen molar-refractivity contribution in [1.82, 2.24) is 0 Å². The van der Waals surface area contributed by atoms with Gasteiger partial charge in [0.2, 0.25) is 0 Å². The van der Waals surface area contributed by atoms with E-state index in [0.717, 1.165) is 10.4 Å². The highest BCUT2D eigenvalue weighted by atomic mass is 32.1. The topological polar surface area (TPSA) is 46.2 Å². The third-order valence-electron chi connectivity index (χ3n) is 1.67. The average Bonchev–Trinajstić information content (AvgIpc) is 2.33. The smallest absolute Gasteiger partial charge is 0.103 e. The first-order valence-corrected chi connectivity index (χ1v) is 4.48. The minimum absolute atomic E-state index is 0.188. The van der Waals surface area contributed by atoms with E-state index in [9.17, 15) is 5.11 Å². The second-order valence-electron chi connectivity index (χ2n) is 2.77. The zero-order valence-electron chi connectivity index (χ0n) is 6.74. The Hall–Kier alpha value is -0.380. The molecule has 11 heavy (non-hydrogen) atoms. The van der Waals surface area contributed by atoms with E-state index < -0.39 is 6.10 Å². The van der Waals surface area contributed by atoms with Gasteiger partial charge in [0.05, 0.1) is 0 Å². The zero-order valence-corrected chi connectivity index (χ0v) is 7.56. The van der Waals surface area contributed by atoms with Gasteiger partial charge in [0.25, 0.3) is 0 Å². The number of aryl methyl sites for hydroxylation is 1. The molecule has 1 aromatic rings. The number of aliphatic hydroxyl groups excluding tert-OH is 1. The van der Waals surface area contributed by atoms with Crippen LogP contribution in [0.4, 0.5) is 0 Å². The van der Waals surface area contributed by atoms with Crippen LogP contribution in [0.3, 0.4) is 0 Å². The third-order valence-corrected chi connectivity index (χ3v) is 2.76. The number of hydrogen-bond acceptors (Lipinski definition) is 3. The quantitative estimate of drug-likeness (QED) is 0.707. The summed E-state index contributed by atoms with van der Waals surface area (Å²) in [7, 11) is 0. The lowest BCUT2D eigenvalue weighted by atomic mass is 10.1. The monoisotopic (exact) mass is 171 g/mol. The summed E-state index contributed by atoms with van der Waals surface area (Å²) < 4.78 is 0. The molecule has 0 fully saturated rings. The van der Waals surface area contributed by atoms with Crippen molar-refractivity contribution in [2.45, 2.75) is 26.0 Å². The van der Waals surface area contributed by atoms with Gasteiger partial charge in [0.15, 0.2) is 0 Å². The Bertz CT molecular complexity index is 232. The Morgan fingerprint density at radius 2 is 2.27 bits per heavy atom. The van der Waals surface area contributed by atoms with Gasteiger partial charge in [-0.3, -0.25) is 0 Å². The lowest BCUT2D eigenvalue weighted by Gasteiger charge is -2.13. The van der Waals surface area contributed by atoms with E-state index in [1.54, 1.807) is 11.3 Å². The number of hydrogen-bond donors (Lipinski definition) is 2. The molecule has 0 spiro atoms. The van der Waals surface area contributed by atoms with Crippen molar-refractivity contribution in [3.63, 3.8) is 0 Å². The molecule has 0 saturated carbocycles. The molecule has 1 rings (SSSR count). The van der Waals surface area contributed by atoms with Crippen LogP contribution in [-0.4, -0.2) is 11.1 Å². The Balaban J connectivity index is 2.84. The molecule has 62 valence electrons. The van der Waals surface area contributed by atoms with Crippen molar-refractivity contribution < 1.29 is 5.11 Å². The maximum atomic E-state index is 9.55. The molecule has 0 amide bonds. The van der Waals surface area contributed by atoms with Crippen molar-refractivity contribution in [3.05, 3.63) is 21.9 Å². The molecule has 1 aromatic heterocycles. The first-order valence-electron chi connectivity index (χ1n) is 3.60. The molecule has 0 aromatic carbocycles. The predicted molar refractivity (Wildman–Crippen MR) is 47.7 cm³/mol. The molecule has 0 saturated heterocycles. The van der Waals surface area contributed by atoms with Gasteiger partial charge in [-0.25, -0.2) is 0 Å². The molecule has 2 nitrogen and oxygen atoms in total. The highest BCUT2D eigenvalue weighted by Crippen LogP contribution is 2.24. The van der Waals surface area contributed by atoms with E-state index in [0.29, 0.717) is 0 Å². The average molecular weight is 171 g/mol. The van der Waals surface area contributed by atoms with Gasteiger partial charge in [-0.15, -0.1) is 11.3 Å². The van der Waals surface area contributed by atoms with Crippen molar-refractivity contribution in [3.8, 4) is 0 Å². The van der Waals surface area contributed by atoms with Crippen LogP contribution in [0.15, 0.2) is 11.4 Å². The molecule has 0 aliphatic heterocycles. The summed E-state index contributed by atoms with van der Waals surface area (Å²) in [4.78, 5) is 0.986. The van der Waals surface area contributed by atoms with Crippen LogP contribution in [0.1, 0.15) is 23.5 Å². The fraction of sp³-hybridized carbons (Fsp3) is 0.500. The largest absolute Gasteiger partial charge is 0.386 e. The van der Waals surface area contributed by atoms with Crippen LogP contribution in [-0.2, 0) is 0 Å². The lowest BCUT2D eigenvalue weighted by molar-refractivity contribution is 0.156. The van der Waals surface area contributed by atoms with E-state index >= 15 is 0 Å². The summed E-state index contributed by atoms with van der Waals surface area (Å²) >= 11 is 1.56. The summed E-state index contributed by atoms with van der Waals surface area (Å²) in [6.45, 7) is 3.79. The van der Waals surface area contributed by atoms with E-state index in [1.807, 2.05) is 25.3 Å². The highest BCUT2D eigenvalue weighted by Gasteiger charge is 2.15. The predicted octanol–water partition coefficient (Wildman–Crippen LogP) is 1.44. The van der Waals surface area contributed by atoms with Crippen LogP contribution >= 0.6 is 11.3 Å².